The molecule has 0 spiro atoms. The fraction of sp³-hybridized carbons (Fsp3) is 0.118. The zero-order valence-corrected chi connectivity index (χ0v) is 15.9. The summed E-state index contributed by atoms with van der Waals surface area (Å²) in [5, 5.41) is 5.58. The first-order chi connectivity index (χ1) is 11.9. The fourth-order valence-corrected chi connectivity index (χ4v) is 2.57. The third kappa shape index (κ3) is 5.01. The predicted octanol–water partition coefficient (Wildman–Crippen LogP) is 3.37. The maximum Gasteiger partial charge on any atom is 0.337 e. The van der Waals surface area contributed by atoms with Crippen LogP contribution in [0.5, 0.6) is 5.75 Å². The Labute approximate surface area is 158 Å². The second-order valence-electron chi connectivity index (χ2n) is 4.82. The molecule has 0 aliphatic carbocycles. The van der Waals surface area contributed by atoms with E-state index in [1.807, 2.05) is 0 Å². The van der Waals surface area contributed by atoms with Gasteiger partial charge in [0, 0.05) is 10.2 Å². The lowest BCUT2D eigenvalue weighted by Crippen LogP contribution is -2.34. The van der Waals surface area contributed by atoms with E-state index in [2.05, 4.69) is 31.3 Å². The molecule has 8 heteroatoms. The summed E-state index contributed by atoms with van der Waals surface area (Å²) in [4.78, 5) is 23.8. The number of amides is 1. The molecule has 0 radical (unpaired) electrons. The minimum absolute atomic E-state index is 0.123. The van der Waals surface area contributed by atoms with Crippen LogP contribution in [0, 0.1) is 0 Å². The van der Waals surface area contributed by atoms with Gasteiger partial charge < -0.3 is 14.8 Å². The van der Waals surface area contributed by atoms with Crippen molar-refractivity contribution in [3.8, 4) is 5.75 Å². The molecule has 0 saturated carbocycles. The van der Waals surface area contributed by atoms with Gasteiger partial charge in [-0.2, -0.15) is 0 Å². The van der Waals surface area contributed by atoms with E-state index in [9.17, 15) is 9.59 Å². The van der Waals surface area contributed by atoms with Crippen molar-refractivity contribution in [1.82, 2.24) is 5.32 Å². The Morgan fingerprint density at radius 2 is 1.76 bits per heavy atom. The van der Waals surface area contributed by atoms with Gasteiger partial charge >= 0.3 is 5.97 Å². The predicted molar refractivity (Wildman–Crippen MR) is 102 cm³/mol. The maximum atomic E-state index is 12.4. The van der Waals surface area contributed by atoms with Crippen molar-refractivity contribution >= 4 is 50.8 Å². The summed E-state index contributed by atoms with van der Waals surface area (Å²) >= 11 is 8.46. The van der Waals surface area contributed by atoms with Crippen LogP contribution in [0.2, 0.25) is 0 Å². The number of anilines is 1. The molecule has 2 rings (SSSR count). The highest BCUT2D eigenvalue weighted by molar-refractivity contribution is 9.10. The molecule has 0 aromatic heterocycles. The van der Waals surface area contributed by atoms with Gasteiger partial charge in [0.15, 0.2) is 5.11 Å². The first-order valence-electron chi connectivity index (χ1n) is 7.09. The molecule has 2 N–H and O–H groups in total. The minimum atomic E-state index is -0.427. The van der Waals surface area contributed by atoms with Gasteiger partial charge in [-0.3, -0.25) is 10.1 Å². The molecule has 130 valence electrons. The Morgan fingerprint density at radius 1 is 1.08 bits per heavy atom. The Bertz CT molecular complexity index is 809. The average Bonchev–Trinajstić information content (AvgIpc) is 2.61. The zero-order valence-electron chi connectivity index (χ0n) is 13.5. The minimum Gasteiger partial charge on any atom is -0.496 e. The van der Waals surface area contributed by atoms with Gasteiger partial charge in [0.25, 0.3) is 5.91 Å². The van der Waals surface area contributed by atoms with Crippen LogP contribution in [-0.4, -0.2) is 31.2 Å². The Hall–Kier alpha value is -2.45. The second kappa shape index (κ2) is 8.59. The van der Waals surface area contributed by atoms with E-state index in [0.717, 1.165) is 4.47 Å². The van der Waals surface area contributed by atoms with Gasteiger partial charge in [-0.15, -0.1) is 0 Å². The first-order valence-corrected chi connectivity index (χ1v) is 8.29. The number of rotatable bonds is 4. The molecule has 0 heterocycles. The Morgan fingerprint density at radius 3 is 2.36 bits per heavy atom. The quantitative estimate of drug-likeness (QED) is 0.580. The lowest BCUT2D eigenvalue weighted by Gasteiger charge is -2.12. The van der Waals surface area contributed by atoms with Crippen LogP contribution in [0.15, 0.2) is 46.9 Å². The topological polar surface area (TPSA) is 76.7 Å². The molecule has 1 amide bonds. The highest BCUT2D eigenvalue weighted by Gasteiger charge is 2.14. The number of methoxy groups -OCH3 is 2. The zero-order chi connectivity index (χ0) is 18.4. The number of nitrogens with one attached hydrogen (secondary N) is 2. The summed E-state index contributed by atoms with van der Waals surface area (Å²) in [6.07, 6.45) is 0. The number of halogens is 1. The van der Waals surface area contributed by atoms with Gasteiger partial charge in [-0.1, -0.05) is 15.9 Å². The highest BCUT2D eigenvalue weighted by Crippen LogP contribution is 2.22. The fourth-order valence-electron chi connectivity index (χ4n) is 2.00. The summed E-state index contributed by atoms with van der Waals surface area (Å²) < 4.78 is 10.6. The number of hydrogen-bond acceptors (Lipinski definition) is 5. The Kier molecular flexibility index (Phi) is 6.49. The van der Waals surface area contributed by atoms with Crippen LogP contribution in [0.1, 0.15) is 20.7 Å². The maximum absolute atomic E-state index is 12.4. The van der Waals surface area contributed by atoms with Crippen molar-refractivity contribution < 1.29 is 19.1 Å². The van der Waals surface area contributed by atoms with Crippen LogP contribution >= 0.6 is 28.1 Å². The summed E-state index contributed by atoms with van der Waals surface area (Å²) in [5.41, 5.74) is 1.39. The van der Waals surface area contributed by atoms with Crippen LogP contribution in [0.4, 0.5) is 5.69 Å². The summed E-state index contributed by atoms with van der Waals surface area (Å²) in [7, 11) is 2.80. The van der Waals surface area contributed by atoms with E-state index in [4.69, 9.17) is 17.0 Å². The molecule has 0 aliphatic heterocycles. The van der Waals surface area contributed by atoms with Gasteiger partial charge in [0.1, 0.15) is 5.75 Å². The smallest absolute Gasteiger partial charge is 0.337 e. The lowest BCUT2D eigenvalue weighted by atomic mass is 10.2. The van der Waals surface area contributed by atoms with Crippen molar-refractivity contribution in [2.24, 2.45) is 0 Å². The summed E-state index contributed by atoms with van der Waals surface area (Å²) in [6.45, 7) is 0. The standard InChI is InChI=1S/C17H15BrN2O4S/c1-23-14-8-5-11(18)9-13(14)15(21)20-17(25)19-12-6-3-10(4-7-12)16(22)24-2/h3-9H,1-2H3,(H2,19,20,21,25). The van der Waals surface area contributed by atoms with E-state index in [0.29, 0.717) is 22.6 Å². The molecule has 0 saturated heterocycles. The van der Waals surface area contributed by atoms with E-state index in [-0.39, 0.29) is 5.11 Å². The number of esters is 1. The molecule has 0 atom stereocenters. The van der Waals surface area contributed by atoms with E-state index >= 15 is 0 Å². The number of benzene rings is 2. The molecule has 2 aromatic carbocycles. The molecule has 2 aromatic rings. The number of thiocarbonyl (C=S) groups is 1. The number of hydrogen-bond donors (Lipinski definition) is 2. The van der Waals surface area contributed by atoms with Crippen molar-refractivity contribution in [2.75, 3.05) is 19.5 Å². The van der Waals surface area contributed by atoms with Crippen molar-refractivity contribution in [1.29, 1.82) is 0 Å². The SMILES string of the molecule is COC(=O)c1ccc(NC(=S)NC(=O)c2cc(Br)ccc2OC)cc1. The van der Waals surface area contributed by atoms with Gasteiger partial charge in [0.05, 0.1) is 25.3 Å². The van der Waals surface area contributed by atoms with Crippen molar-refractivity contribution in [2.45, 2.75) is 0 Å². The van der Waals surface area contributed by atoms with E-state index < -0.39 is 11.9 Å². The monoisotopic (exact) mass is 422 g/mol. The van der Waals surface area contributed by atoms with E-state index in [1.165, 1.54) is 14.2 Å². The summed E-state index contributed by atoms with van der Waals surface area (Å²) in [5.74, 6) is -0.392. The largest absolute Gasteiger partial charge is 0.496 e. The highest BCUT2D eigenvalue weighted by atomic mass is 79.9. The van der Waals surface area contributed by atoms with Crippen molar-refractivity contribution in [3.63, 3.8) is 0 Å². The molecular weight excluding hydrogens is 408 g/mol. The molecule has 0 bridgehead atoms. The molecule has 6 nitrogen and oxygen atoms in total. The van der Waals surface area contributed by atoms with Gasteiger partial charge in [-0.05, 0) is 54.7 Å². The normalized spacial score (nSPS) is 9.88. The van der Waals surface area contributed by atoms with Crippen LogP contribution in [-0.2, 0) is 4.74 Å². The first kappa shape index (κ1) is 18.9. The second-order valence-corrected chi connectivity index (χ2v) is 6.15. The van der Waals surface area contributed by atoms with Crippen LogP contribution in [0.3, 0.4) is 0 Å². The molecular formula is C17H15BrN2O4S. The average molecular weight is 423 g/mol. The van der Waals surface area contributed by atoms with E-state index in [1.54, 1.807) is 42.5 Å². The molecule has 0 fully saturated rings. The Balaban J connectivity index is 2.04. The molecule has 0 unspecified atom stereocenters. The van der Waals surface area contributed by atoms with Gasteiger partial charge in [0.2, 0.25) is 0 Å². The number of carbonyl (C=O) groups excluding carboxylic acids is 2. The van der Waals surface area contributed by atoms with Crippen molar-refractivity contribution in [3.05, 3.63) is 58.1 Å². The lowest BCUT2D eigenvalue weighted by molar-refractivity contribution is 0.0600. The third-order valence-corrected chi connectivity index (χ3v) is 3.89. The van der Waals surface area contributed by atoms with Crippen LogP contribution < -0.4 is 15.4 Å². The third-order valence-electron chi connectivity index (χ3n) is 3.20. The van der Waals surface area contributed by atoms with Crippen LogP contribution in [0.25, 0.3) is 0 Å². The molecule has 25 heavy (non-hydrogen) atoms. The number of ether oxygens (including phenoxy) is 2. The van der Waals surface area contributed by atoms with Gasteiger partial charge in [-0.25, -0.2) is 4.79 Å². The number of carbonyl (C=O) groups is 2. The molecule has 0 aliphatic rings. The summed E-state index contributed by atoms with van der Waals surface area (Å²) in [6, 6.07) is 11.6.